The van der Waals surface area contributed by atoms with Crippen molar-refractivity contribution >= 4 is 27.6 Å². The molecule has 3 aromatic carbocycles. The molecule has 4 rings (SSSR count). The van der Waals surface area contributed by atoms with E-state index in [2.05, 4.69) is 52.0 Å². The van der Waals surface area contributed by atoms with Crippen molar-refractivity contribution < 1.29 is 0 Å². The minimum Gasteiger partial charge on any atom is -0.0760 e. The van der Waals surface area contributed by atoms with Crippen LogP contribution in [0.1, 0.15) is 34.2 Å². The maximum Gasteiger partial charge on any atom is -0.00244 e. The third-order valence-corrected chi connectivity index (χ3v) is 5.42. The Morgan fingerprint density at radius 2 is 1.40 bits per heavy atom. The second kappa shape index (κ2) is 3.85. The Morgan fingerprint density at radius 1 is 0.750 bits per heavy atom. The predicted octanol–water partition coefficient (Wildman–Crippen LogP) is 4.67. The highest BCUT2D eigenvalue weighted by molar-refractivity contribution is 6.15. The molecule has 0 saturated carbocycles. The van der Waals surface area contributed by atoms with Crippen molar-refractivity contribution in [2.75, 3.05) is 0 Å². The SMILES string of the molecule is Cc1c(C)c2cccc3c(C)c(C)c4c(c1CCC=4)c23. The van der Waals surface area contributed by atoms with Gasteiger partial charge in [0.25, 0.3) is 0 Å². The first-order valence-electron chi connectivity index (χ1n) is 7.54. The standard InChI is InChI=1S/C20H20/c1-11-12(2)16-8-6-10-18-14(4)13(3)17-9-5-7-15(11)19(17)20(16)18/h5,7-9H,6,10H2,1-4H3. The minimum absolute atomic E-state index is 1.18. The normalized spacial score (nSPS) is 14.0. The van der Waals surface area contributed by atoms with Crippen LogP contribution < -0.4 is 5.22 Å². The molecule has 0 heteroatoms. The second-order valence-electron chi connectivity index (χ2n) is 6.24. The first kappa shape index (κ1) is 12.0. The van der Waals surface area contributed by atoms with Crippen molar-refractivity contribution in [1.29, 1.82) is 0 Å². The largest absolute Gasteiger partial charge is 0.0760 e. The lowest BCUT2D eigenvalue weighted by atomic mass is 9.81. The van der Waals surface area contributed by atoms with Gasteiger partial charge in [0.05, 0.1) is 0 Å². The Balaban J connectivity index is 2.50. The molecular formula is C20H20. The van der Waals surface area contributed by atoms with Gasteiger partial charge in [0, 0.05) is 0 Å². The zero-order chi connectivity index (χ0) is 14.0. The fraction of sp³-hybridized carbons (Fsp3) is 0.300. The molecule has 1 aliphatic carbocycles. The molecule has 0 aliphatic heterocycles. The van der Waals surface area contributed by atoms with Crippen LogP contribution >= 0.6 is 0 Å². The number of aryl methyl sites for hydroxylation is 3. The van der Waals surface area contributed by atoms with Crippen LogP contribution in [-0.2, 0) is 6.42 Å². The van der Waals surface area contributed by atoms with Gasteiger partial charge in [0.15, 0.2) is 0 Å². The average molecular weight is 260 g/mol. The first-order valence-corrected chi connectivity index (χ1v) is 7.54. The Morgan fingerprint density at radius 3 is 2.10 bits per heavy atom. The minimum atomic E-state index is 1.18. The van der Waals surface area contributed by atoms with Gasteiger partial charge in [-0.1, -0.05) is 24.3 Å². The molecule has 0 atom stereocenters. The molecule has 0 nitrogen and oxygen atoms in total. The Labute approximate surface area is 120 Å². The monoisotopic (exact) mass is 260 g/mol. The van der Waals surface area contributed by atoms with E-state index in [0.29, 0.717) is 0 Å². The lowest BCUT2D eigenvalue weighted by Gasteiger charge is -2.22. The van der Waals surface area contributed by atoms with Crippen LogP contribution in [0.5, 0.6) is 0 Å². The van der Waals surface area contributed by atoms with Gasteiger partial charge in [-0.05, 0) is 95.1 Å². The van der Waals surface area contributed by atoms with Gasteiger partial charge in [0.1, 0.15) is 0 Å². The van der Waals surface area contributed by atoms with Crippen molar-refractivity contribution in [2.24, 2.45) is 0 Å². The van der Waals surface area contributed by atoms with E-state index in [1.54, 1.807) is 5.56 Å². The van der Waals surface area contributed by atoms with Crippen molar-refractivity contribution in [1.82, 2.24) is 0 Å². The molecule has 0 spiro atoms. The molecule has 3 aromatic rings. The zero-order valence-electron chi connectivity index (χ0n) is 12.7. The average Bonchev–Trinajstić information content (AvgIpc) is 2.48. The molecule has 0 heterocycles. The highest BCUT2D eigenvalue weighted by Crippen LogP contribution is 2.36. The van der Waals surface area contributed by atoms with E-state index in [-0.39, 0.29) is 0 Å². The third kappa shape index (κ3) is 1.27. The summed E-state index contributed by atoms with van der Waals surface area (Å²) < 4.78 is 0. The predicted molar refractivity (Wildman–Crippen MR) is 88.4 cm³/mol. The van der Waals surface area contributed by atoms with Gasteiger partial charge in [-0.3, -0.25) is 0 Å². The highest BCUT2D eigenvalue weighted by Gasteiger charge is 2.18. The van der Waals surface area contributed by atoms with Gasteiger partial charge in [-0.15, -0.1) is 0 Å². The van der Waals surface area contributed by atoms with E-state index in [0.717, 1.165) is 0 Å². The van der Waals surface area contributed by atoms with Crippen molar-refractivity contribution in [3.63, 3.8) is 0 Å². The third-order valence-electron chi connectivity index (χ3n) is 5.42. The zero-order valence-corrected chi connectivity index (χ0v) is 12.7. The Hall–Kier alpha value is -1.82. The topological polar surface area (TPSA) is 0 Å². The summed E-state index contributed by atoms with van der Waals surface area (Å²) in [5.41, 5.74) is 7.48. The molecule has 0 N–H and O–H groups in total. The lowest BCUT2D eigenvalue weighted by molar-refractivity contribution is 1.01. The number of hydrogen-bond donors (Lipinski definition) is 0. The van der Waals surface area contributed by atoms with Crippen LogP contribution in [-0.4, -0.2) is 0 Å². The molecule has 20 heavy (non-hydrogen) atoms. The summed E-state index contributed by atoms with van der Waals surface area (Å²) in [4.78, 5) is 0. The van der Waals surface area contributed by atoms with Crippen LogP contribution in [0.4, 0.5) is 0 Å². The van der Waals surface area contributed by atoms with Gasteiger partial charge in [-0.2, -0.15) is 0 Å². The van der Waals surface area contributed by atoms with E-state index in [1.807, 2.05) is 0 Å². The molecule has 0 bridgehead atoms. The van der Waals surface area contributed by atoms with Crippen LogP contribution in [0.3, 0.4) is 0 Å². The summed E-state index contributed by atoms with van der Waals surface area (Å²) in [6.07, 6.45) is 4.83. The van der Waals surface area contributed by atoms with E-state index in [4.69, 9.17) is 0 Å². The molecule has 1 aliphatic rings. The van der Waals surface area contributed by atoms with E-state index < -0.39 is 0 Å². The van der Waals surface area contributed by atoms with Gasteiger partial charge >= 0.3 is 0 Å². The summed E-state index contributed by atoms with van der Waals surface area (Å²) in [5.74, 6) is 0. The fourth-order valence-corrected chi connectivity index (χ4v) is 4.03. The van der Waals surface area contributed by atoms with Gasteiger partial charge < -0.3 is 0 Å². The van der Waals surface area contributed by atoms with Gasteiger partial charge in [0.2, 0.25) is 0 Å². The van der Waals surface area contributed by atoms with E-state index >= 15 is 0 Å². The van der Waals surface area contributed by atoms with Crippen molar-refractivity contribution in [2.45, 2.75) is 40.5 Å². The van der Waals surface area contributed by atoms with Crippen LogP contribution in [0.2, 0.25) is 0 Å². The molecule has 0 unspecified atom stereocenters. The summed E-state index contributed by atoms with van der Waals surface area (Å²) in [7, 11) is 0. The fourth-order valence-electron chi connectivity index (χ4n) is 4.03. The summed E-state index contributed by atoms with van der Waals surface area (Å²) >= 11 is 0. The van der Waals surface area contributed by atoms with Crippen molar-refractivity contribution in [3.8, 4) is 0 Å². The molecule has 0 fully saturated rings. The van der Waals surface area contributed by atoms with Crippen LogP contribution in [0, 0.1) is 27.7 Å². The maximum atomic E-state index is 2.45. The molecule has 0 aromatic heterocycles. The highest BCUT2D eigenvalue weighted by atomic mass is 14.2. The number of rotatable bonds is 0. The molecule has 100 valence electrons. The molecule has 0 radical (unpaired) electrons. The smallest absolute Gasteiger partial charge is 0.00244 e. The van der Waals surface area contributed by atoms with Gasteiger partial charge in [-0.25, -0.2) is 0 Å². The summed E-state index contributed by atoms with van der Waals surface area (Å²) in [6, 6.07) is 6.80. The van der Waals surface area contributed by atoms with E-state index in [9.17, 15) is 0 Å². The van der Waals surface area contributed by atoms with Crippen molar-refractivity contribution in [3.05, 3.63) is 51.2 Å². The van der Waals surface area contributed by atoms with Crippen LogP contribution in [0.15, 0.2) is 18.2 Å². The Kier molecular flexibility index (Phi) is 2.30. The Bertz CT molecular complexity index is 911. The van der Waals surface area contributed by atoms with Crippen LogP contribution in [0.25, 0.3) is 27.6 Å². The quantitative estimate of drug-likeness (QED) is 0.551. The molecule has 0 saturated heterocycles. The first-order chi connectivity index (χ1) is 9.61. The van der Waals surface area contributed by atoms with E-state index in [1.165, 1.54) is 61.9 Å². The number of benzene rings is 3. The number of hydrogen-bond acceptors (Lipinski definition) is 0. The molecule has 0 amide bonds. The maximum absolute atomic E-state index is 2.45. The lowest BCUT2D eigenvalue weighted by Crippen LogP contribution is -2.17. The summed E-state index contributed by atoms with van der Waals surface area (Å²) in [5, 5.41) is 7.42. The second-order valence-corrected chi connectivity index (χ2v) is 6.24. The molecular weight excluding hydrogens is 240 g/mol. The summed E-state index contributed by atoms with van der Waals surface area (Å²) in [6.45, 7) is 9.15.